The molecule has 0 saturated carbocycles. The van der Waals surface area contributed by atoms with Crippen molar-refractivity contribution in [2.24, 2.45) is 0 Å². The molecule has 0 aromatic carbocycles. The molecule has 15 heavy (non-hydrogen) atoms. The Kier molecular flexibility index (Phi) is 3.05. The van der Waals surface area contributed by atoms with E-state index in [4.69, 9.17) is 0 Å². The smallest absolute Gasteiger partial charge is 0.293 e. The molecule has 1 aliphatic rings. The van der Waals surface area contributed by atoms with Gasteiger partial charge in [-0.15, -0.1) is 10.2 Å². The fourth-order valence-corrected chi connectivity index (χ4v) is 2.75. The number of tetrazole rings is 1. The minimum absolute atomic E-state index is 0.0432. The molecule has 1 fully saturated rings. The van der Waals surface area contributed by atoms with Crippen molar-refractivity contribution in [1.82, 2.24) is 25.9 Å². The van der Waals surface area contributed by atoms with Crippen molar-refractivity contribution >= 4 is 16.7 Å². The Morgan fingerprint density at radius 3 is 2.80 bits per heavy atom. The van der Waals surface area contributed by atoms with Crippen LogP contribution >= 0.6 is 0 Å². The Bertz CT molecular complexity index is 355. The van der Waals surface area contributed by atoms with Gasteiger partial charge in [0.25, 0.3) is 11.7 Å². The van der Waals surface area contributed by atoms with Gasteiger partial charge in [0.05, 0.1) is 0 Å². The van der Waals surface area contributed by atoms with Crippen molar-refractivity contribution < 1.29 is 9.00 Å². The summed E-state index contributed by atoms with van der Waals surface area (Å²) in [6.45, 7) is 0. The molecular weight excluding hydrogens is 218 g/mol. The molecule has 1 aromatic heterocycles. The Morgan fingerprint density at radius 1 is 1.47 bits per heavy atom. The van der Waals surface area contributed by atoms with Gasteiger partial charge in [-0.2, -0.15) is 5.21 Å². The number of H-pyrrole nitrogens is 1. The van der Waals surface area contributed by atoms with Crippen molar-refractivity contribution in [3.05, 3.63) is 5.82 Å². The molecule has 0 atom stereocenters. The average Bonchev–Trinajstić information content (AvgIpc) is 2.74. The lowest BCUT2D eigenvalue weighted by molar-refractivity contribution is 0.0924. The number of hydrogen-bond acceptors (Lipinski definition) is 5. The third kappa shape index (κ3) is 2.58. The van der Waals surface area contributed by atoms with Crippen molar-refractivity contribution in [2.45, 2.75) is 18.9 Å². The second-order valence-electron chi connectivity index (χ2n) is 3.33. The predicted octanol–water partition coefficient (Wildman–Crippen LogP) is -1.16. The molecular formula is C7H11N5O2S. The maximum Gasteiger partial charge on any atom is 0.293 e. The van der Waals surface area contributed by atoms with Crippen LogP contribution in [-0.2, 0) is 10.8 Å². The quantitative estimate of drug-likeness (QED) is 0.666. The Balaban J connectivity index is 1.87. The zero-order valence-corrected chi connectivity index (χ0v) is 8.79. The van der Waals surface area contributed by atoms with Gasteiger partial charge in [-0.1, -0.05) is 0 Å². The zero-order valence-electron chi connectivity index (χ0n) is 7.97. The molecule has 2 heterocycles. The summed E-state index contributed by atoms with van der Waals surface area (Å²) in [4.78, 5) is 11.5. The zero-order chi connectivity index (χ0) is 10.7. The van der Waals surface area contributed by atoms with Gasteiger partial charge < -0.3 is 5.32 Å². The van der Waals surface area contributed by atoms with Crippen LogP contribution in [0.3, 0.4) is 0 Å². The highest BCUT2D eigenvalue weighted by molar-refractivity contribution is 7.85. The van der Waals surface area contributed by atoms with E-state index in [1.54, 1.807) is 0 Å². The van der Waals surface area contributed by atoms with Gasteiger partial charge in [0.15, 0.2) is 0 Å². The first-order chi connectivity index (χ1) is 7.25. The highest BCUT2D eigenvalue weighted by Gasteiger charge is 2.21. The van der Waals surface area contributed by atoms with Crippen LogP contribution in [0.5, 0.6) is 0 Å². The largest absolute Gasteiger partial charge is 0.346 e. The fraction of sp³-hybridized carbons (Fsp3) is 0.714. The third-order valence-corrected chi connectivity index (χ3v) is 3.65. The van der Waals surface area contributed by atoms with Gasteiger partial charge in [0.2, 0.25) is 0 Å². The number of aromatic nitrogens is 4. The molecule has 1 saturated heterocycles. The molecule has 1 aliphatic heterocycles. The van der Waals surface area contributed by atoms with Gasteiger partial charge in [-0.25, -0.2) is 0 Å². The molecule has 2 rings (SSSR count). The van der Waals surface area contributed by atoms with E-state index < -0.39 is 10.8 Å². The van der Waals surface area contributed by atoms with Crippen molar-refractivity contribution in [3.8, 4) is 0 Å². The summed E-state index contributed by atoms with van der Waals surface area (Å²) < 4.78 is 11.1. The standard InChI is InChI=1S/C7H11N5O2S/c13-7(6-9-11-12-10-6)8-5-1-3-15(14)4-2-5/h5H,1-4H2,(H,8,13)(H,9,10,11,12). The summed E-state index contributed by atoms with van der Waals surface area (Å²) in [5.74, 6) is 1.01. The van der Waals surface area contributed by atoms with Gasteiger partial charge in [-0.3, -0.25) is 9.00 Å². The molecule has 0 unspecified atom stereocenters. The first-order valence-electron chi connectivity index (χ1n) is 4.65. The molecule has 8 heteroatoms. The summed E-state index contributed by atoms with van der Waals surface area (Å²) >= 11 is 0. The van der Waals surface area contributed by atoms with Gasteiger partial charge in [-0.05, 0) is 18.1 Å². The second-order valence-corrected chi connectivity index (χ2v) is 5.03. The van der Waals surface area contributed by atoms with E-state index in [0.29, 0.717) is 11.5 Å². The van der Waals surface area contributed by atoms with Crippen LogP contribution < -0.4 is 5.32 Å². The van der Waals surface area contributed by atoms with Crippen molar-refractivity contribution in [2.75, 3.05) is 11.5 Å². The number of hydrogen-bond donors (Lipinski definition) is 2. The van der Waals surface area contributed by atoms with Crippen LogP contribution in [0, 0.1) is 0 Å². The van der Waals surface area contributed by atoms with E-state index >= 15 is 0 Å². The maximum absolute atomic E-state index is 11.5. The van der Waals surface area contributed by atoms with Crippen LogP contribution in [0.1, 0.15) is 23.5 Å². The maximum atomic E-state index is 11.5. The first kappa shape index (κ1) is 10.2. The summed E-state index contributed by atoms with van der Waals surface area (Å²) in [6.07, 6.45) is 1.49. The SMILES string of the molecule is O=C(NC1CCS(=O)CC1)c1nn[nH]n1. The van der Waals surface area contributed by atoms with E-state index in [2.05, 4.69) is 25.9 Å². The third-order valence-electron chi connectivity index (χ3n) is 2.27. The summed E-state index contributed by atoms with van der Waals surface area (Å²) in [7, 11) is -0.714. The highest BCUT2D eigenvalue weighted by Crippen LogP contribution is 2.09. The molecule has 0 spiro atoms. The summed E-state index contributed by atoms with van der Waals surface area (Å²) in [5.41, 5.74) is 0. The minimum atomic E-state index is -0.714. The number of nitrogens with one attached hydrogen (secondary N) is 2. The number of nitrogens with zero attached hydrogens (tertiary/aromatic N) is 3. The number of carbonyl (C=O) groups excluding carboxylic acids is 1. The van der Waals surface area contributed by atoms with E-state index in [9.17, 15) is 9.00 Å². The summed E-state index contributed by atoms with van der Waals surface area (Å²) in [5, 5.41) is 15.5. The Morgan fingerprint density at radius 2 is 2.20 bits per heavy atom. The molecule has 2 N–H and O–H groups in total. The Labute approximate surface area is 88.5 Å². The van der Waals surface area contributed by atoms with Crippen LogP contribution in [0.4, 0.5) is 0 Å². The van der Waals surface area contributed by atoms with Gasteiger partial charge in [0.1, 0.15) is 0 Å². The number of aromatic amines is 1. The van der Waals surface area contributed by atoms with Crippen molar-refractivity contribution in [1.29, 1.82) is 0 Å². The predicted molar refractivity (Wildman–Crippen MR) is 52.5 cm³/mol. The van der Waals surface area contributed by atoms with E-state index in [-0.39, 0.29) is 17.8 Å². The lowest BCUT2D eigenvalue weighted by atomic mass is 10.1. The lowest BCUT2D eigenvalue weighted by Crippen LogP contribution is -2.40. The van der Waals surface area contributed by atoms with Crippen molar-refractivity contribution in [3.63, 3.8) is 0 Å². The molecule has 0 bridgehead atoms. The number of rotatable bonds is 2. The first-order valence-corrected chi connectivity index (χ1v) is 6.14. The topological polar surface area (TPSA) is 101 Å². The fourth-order valence-electron chi connectivity index (χ4n) is 1.45. The van der Waals surface area contributed by atoms with Crippen LogP contribution in [0.2, 0.25) is 0 Å². The summed E-state index contributed by atoms with van der Waals surface area (Å²) in [6, 6.07) is 0.0775. The van der Waals surface area contributed by atoms with Crippen LogP contribution in [-0.4, -0.2) is 48.3 Å². The van der Waals surface area contributed by atoms with Crippen LogP contribution in [0.15, 0.2) is 0 Å². The highest BCUT2D eigenvalue weighted by atomic mass is 32.2. The molecule has 1 aromatic rings. The van der Waals surface area contributed by atoms with Gasteiger partial charge in [0, 0.05) is 28.3 Å². The molecule has 82 valence electrons. The number of amides is 1. The lowest BCUT2D eigenvalue weighted by Gasteiger charge is -2.21. The molecule has 7 nitrogen and oxygen atoms in total. The minimum Gasteiger partial charge on any atom is -0.346 e. The van der Waals surface area contributed by atoms with Gasteiger partial charge >= 0.3 is 0 Å². The number of carbonyl (C=O) groups is 1. The van der Waals surface area contributed by atoms with E-state index in [1.807, 2.05) is 0 Å². The molecule has 0 aliphatic carbocycles. The molecule has 1 amide bonds. The van der Waals surface area contributed by atoms with Crippen LogP contribution in [0.25, 0.3) is 0 Å². The average molecular weight is 229 g/mol. The molecule has 0 radical (unpaired) electrons. The van der Waals surface area contributed by atoms with E-state index in [1.165, 1.54) is 0 Å². The Hall–Kier alpha value is -1.31. The normalized spacial score (nSPS) is 26.1. The monoisotopic (exact) mass is 229 g/mol. The van der Waals surface area contributed by atoms with E-state index in [0.717, 1.165) is 12.8 Å². The second kappa shape index (κ2) is 4.47.